The molecular weight excluding hydrogens is 330 g/mol. The number of nitrogens with zero attached hydrogens (tertiary/aromatic N) is 4. The number of rotatable bonds is 5. The van der Waals surface area contributed by atoms with Gasteiger partial charge in [-0.15, -0.1) is 0 Å². The zero-order valence-electron chi connectivity index (χ0n) is 14.4. The van der Waals surface area contributed by atoms with E-state index in [4.69, 9.17) is 8.94 Å². The summed E-state index contributed by atoms with van der Waals surface area (Å²) in [6.45, 7) is 4.32. The number of hydrogen-bond acceptors (Lipinski definition) is 7. The molecule has 0 unspecified atom stereocenters. The summed E-state index contributed by atoms with van der Waals surface area (Å²) in [6.07, 6.45) is 5.16. The van der Waals surface area contributed by atoms with E-state index in [0.717, 1.165) is 34.0 Å². The summed E-state index contributed by atoms with van der Waals surface area (Å²) < 4.78 is 10.7. The van der Waals surface area contributed by atoms with Crippen LogP contribution in [0.2, 0.25) is 0 Å². The van der Waals surface area contributed by atoms with E-state index in [9.17, 15) is 0 Å². The average Bonchev–Trinajstić information content (AvgIpc) is 3.32. The van der Waals surface area contributed by atoms with Crippen molar-refractivity contribution in [2.45, 2.75) is 20.4 Å². The average molecular weight is 347 g/mol. The van der Waals surface area contributed by atoms with Crippen molar-refractivity contribution < 1.29 is 8.94 Å². The highest BCUT2D eigenvalue weighted by Crippen LogP contribution is 2.31. The fourth-order valence-electron chi connectivity index (χ4n) is 2.55. The zero-order chi connectivity index (χ0) is 17.9. The van der Waals surface area contributed by atoms with Gasteiger partial charge >= 0.3 is 0 Å². The monoisotopic (exact) mass is 347 g/mol. The van der Waals surface area contributed by atoms with Crippen molar-refractivity contribution in [2.75, 3.05) is 5.32 Å². The number of aromatic nitrogens is 4. The summed E-state index contributed by atoms with van der Waals surface area (Å²) in [5.74, 6) is 1.93. The quantitative estimate of drug-likeness (QED) is 0.583. The second-order valence-electron chi connectivity index (χ2n) is 5.91. The lowest BCUT2D eigenvalue weighted by atomic mass is 10.1. The molecular formula is C19H17N5O2. The second kappa shape index (κ2) is 6.79. The molecule has 0 aliphatic heterocycles. The third-order valence-corrected chi connectivity index (χ3v) is 3.87. The van der Waals surface area contributed by atoms with Crippen LogP contribution in [0, 0.1) is 13.8 Å². The lowest BCUT2D eigenvalue weighted by Gasteiger charge is -2.09. The third-order valence-electron chi connectivity index (χ3n) is 3.87. The minimum absolute atomic E-state index is 0.497. The van der Waals surface area contributed by atoms with E-state index in [1.165, 1.54) is 0 Å². The Balaban J connectivity index is 1.72. The normalized spacial score (nSPS) is 10.8. The van der Waals surface area contributed by atoms with Crippen molar-refractivity contribution in [3.8, 4) is 22.6 Å². The molecule has 7 nitrogen and oxygen atoms in total. The molecule has 0 saturated heterocycles. The smallest absolute Gasteiger partial charge is 0.223 e. The largest absolute Gasteiger partial charge is 0.467 e. The summed E-state index contributed by atoms with van der Waals surface area (Å²) in [6, 6.07) is 9.52. The van der Waals surface area contributed by atoms with Crippen LogP contribution in [0.25, 0.3) is 22.6 Å². The van der Waals surface area contributed by atoms with Gasteiger partial charge in [0.05, 0.1) is 29.8 Å². The molecule has 0 aliphatic carbocycles. The first-order chi connectivity index (χ1) is 12.7. The Morgan fingerprint density at radius 2 is 1.96 bits per heavy atom. The Labute approximate surface area is 150 Å². The van der Waals surface area contributed by atoms with Gasteiger partial charge in [-0.3, -0.25) is 4.98 Å². The lowest BCUT2D eigenvalue weighted by Crippen LogP contribution is -2.04. The van der Waals surface area contributed by atoms with Crippen LogP contribution in [-0.2, 0) is 6.54 Å². The molecule has 26 heavy (non-hydrogen) atoms. The number of anilines is 1. The molecule has 4 aromatic heterocycles. The predicted octanol–water partition coefficient (Wildman–Crippen LogP) is 4.02. The van der Waals surface area contributed by atoms with Crippen molar-refractivity contribution in [2.24, 2.45) is 0 Å². The minimum atomic E-state index is 0.497. The maximum Gasteiger partial charge on any atom is 0.223 e. The molecule has 1 N–H and O–H groups in total. The van der Waals surface area contributed by atoms with Gasteiger partial charge in [-0.1, -0.05) is 5.16 Å². The predicted molar refractivity (Wildman–Crippen MR) is 96.3 cm³/mol. The van der Waals surface area contributed by atoms with E-state index >= 15 is 0 Å². The second-order valence-corrected chi connectivity index (χ2v) is 5.91. The van der Waals surface area contributed by atoms with Crippen molar-refractivity contribution in [3.63, 3.8) is 0 Å². The van der Waals surface area contributed by atoms with Gasteiger partial charge in [-0.25, -0.2) is 9.97 Å². The van der Waals surface area contributed by atoms with Crippen molar-refractivity contribution in [1.29, 1.82) is 0 Å². The van der Waals surface area contributed by atoms with Crippen molar-refractivity contribution in [3.05, 3.63) is 66.1 Å². The Kier molecular flexibility index (Phi) is 4.18. The van der Waals surface area contributed by atoms with Gasteiger partial charge in [0.25, 0.3) is 0 Å². The molecule has 0 fully saturated rings. The Hall–Kier alpha value is -3.48. The Bertz CT molecular complexity index is 1010. The topological polar surface area (TPSA) is 89.9 Å². The van der Waals surface area contributed by atoms with Crippen LogP contribution in [0.5, 0.6) is 0 Å². The molecule has 0 aromatic carbocycles. The molecule has 7 heteroatoms. The number of pyridine rings is 1. The molecule has 4 heterocycles. The molecule has 0 saturated carbocycles. The van der Waals surface area contributed by atoms with E-state index in [1.807, 2.05) is 44.2 Å². The van der Waals surface area contributed by atoms with Crippen molar-refractivity contribution >= 4 is 5.95 Å². The summed E-state index contributed by atoms with van der Waals surface area (Å²) in [5.41, 5.74) is 4.11. The van der Waals surface area contributed by atoms with Crippen LogP contribution < -0.4 is 5.32 Å². The van der Waals surface area contributed by atoms with Gasteiger partial charge < -0.3 is 14.3 Å². The summed E-state index contributed by atoms with van der Waals surface area (Å²) in [4.78, 5) is 13.4. The van der Waals surface area contributed by atoms with E-state index in [-0.39, 0.29) is 0 Å². The molecule has 0 bridgehead atoms. The van der Waals surface area contributed by atoms with E-state index in [1.54, 1.807) is 18.7 Å². The highest BCUT2D eigenvalue weighted by molar-refractivity contribution is 5.78. The fraction of sp³-hybridized carbons (Fsp3) is 0.158. The standard InChI is InChI=1S/C19H17N5O2/c1-12-5-6-14(9-20-12)18-16(17-8-13(2)24-26-17)11-22-19(23-18)21-10-15-4-3-7-25-15/h3-9,11H,10H2,1-2H3,(H,21,22,23). The van der Waals surface area contributed by atoms with Crippen LogP contribution >= 0.6 is 0 Å². The van der Waals surface area contributed by atoms with Crippen LogP contribution in [-0.4, -0.2) is 20.1 Å². The van der Waals surface area contributed by atoms with Gasteiger partial charge in [-0.05, 0) is 38.1 Å². The van der Waals surface area contributed by atoms with Crippen LogP contribution in [0.1, 0.15) is 17.1 Å². The fourth-order valence-corrected chi connectivity index (χ4v) is 2.55. The van der Waals surface area contributed by atoms with Crippen LogP contribution in [0.3, 0.4) is 0 Å². The van der Waals surface area contributed by atoms with Crippen LogP contribution in [0.4, 0.5) is 5.95 Å². The summed E-state index contributed by atoms with van der Waals surface area (Å²) in [5, 5.41) is 7.13. The summed E-state index contributed by atoms with van der Waals surface area (Å²) >= 11 is 0. The Morgan fingerprint density at radius 3 is 2.65 bits per heavy atom. The first-order valence-electron chi connectivity index (χ1n) is 8.19. The molecule has 130 valence electrons. The third kappa shape index (κ3) is 3.32. The van der Waals surface area contributed by atoms with Gasteiger partial charge in [0.15, 0.2) is 5.76 Å². The molecule has 0 spiro atoms. The number of nitrogens with one attached hydrogen (secondary N) is 1. The molecule has 4 aromatic rings. The molecule has 0 amide bonds. The SMILES string of the molecule is Cc1ccc(-c2nc(NCc3ccco3)ncc2-c2cc(C)no2)cn1. The molecule has 4 rings (SSSR count). The maximum absolute atomic E-state index is 5.41. The zero-order valence-corrected chi connectivity index (χ0v) is 14.4. The van der Waals surface area contributed by atoms with Gasteiger partial charge in [0.1, 0.15) is 5.76 Å². The van der Waals surface area contributed by atoms with E-state index in [0.29, 0.717) is 18.3 Å². The van der Waals surface area contributed by atoms with Gasteiger partial charge in [0, 0.05) is 29.7 Å². The highest BCUT2D eigenvalue weighted by atomic mass is 16.5. The Morgan fingerprint density at radius 1 is 1.04 bits per heavy atom. The first kappa shape index (κ1) is 16.0. The molecule has 0 atom stereocenters. The number of aryl methyl sites for hydroxylation is 2. The van der Waals surface area contributed by atoms with Crippen molar-refractivity contribution in [1.82, 2.24) is 20.1 Å². The lowest BCUT2D eigenvalue weighted by molar-refractivity contribution is 0.427. The highest BCUT2D eigenvalue weighted by Gasteiger charge is 2.15. The minimum Gasteiger partial charge on any atom is -0.467 e. The number of hydrogen-bond donors (Lipinski definition) is 1. The summed E-state index contributed by atoms with van der Waals surface area (Å²) in [7, 11) is 0. The van der Waals surface area contributed by atoms with Gasteiger partial charge in [-0.2, -0.15) is 0 Å². The van der Waals surface area contributed by atoms with E-state index < -0.39 is 0 Å². The number of furan rings is 1. The maximum atomic E-state index is 5.41. The first-order valence-corrected chi connectivity index (χ1v) is 8.19. The molecule has 0 aliphatic rings. The van der Waals surface area contributed by atoms with Crippen LogP contribution in [0.15, 0.2) is 57.9 Å². The molecule has 0 radical (unpaired) electrons. The van der Waals surface area contributed by atoms with Gasteiger partial charge in [0.2, 0.25) is 5.95 Å². The van der Waals surface area contributed by atoms with E-state index in [2.05, 4.69) is 25.4 Å².